The normalized spacial score (nSPS) is 22.3. The molecule has 0 spiro atoms. The van der Waals surface area contributed by atoms with Gasteiger partial charge >= 0.3 is 0 Å². The smallest absolute Gasteiger partial charge is 0.115 e. The number of nitrogens with zero attached hydrogens (tertiary/aromatic N) is 1. The highest BCUT2D eigenvalue weighted by Crippen LogP contribution is 2.33. The molecule has 19 heavy (non-hydrogen) atoms. The van der Waals surface area contributed by atoms with E-state index in [4.69, 9.17) is 10.00 Å². The topological polar surface area (TPSA) is 53.2 Å². The number of rotatable bonds is 2. The fraction of sp³-hybridized carbons (Fsp3) is 0.267. The van der Waals surface area contributed by atoms with Gasteiger partial charge in [0.15, 0.2) is 0 Å². The highest BCUT2D eigenvalue weighted by atomic mass is 32.1. The maximum absolute atomic E-state index is 10.4. The lowest BCUT2D eigenvalue weighted by atomic mass is 9.92. The van der Waals surface area contributed by atoms with E-state index in [0.29, 0.717) is 24.5 Å². The Hall–Kier alpha value is -1.67. The summed E-state index contributed by atoms with van der Waals surface area (Å²) in [5, 5.41) is 19.2. The molecule has 1 fully saturated rings. The van der Waals surface area contributed by atoms with Crippen molar-refractivity contribution in [2.45, 2.75) is 12.0 Å². The molecule has 2 heterocycles. The first-order valence-corrected chi connectivity index (χ1v) is 6.94. The first-order chi connectivity index (χ1) is 9.21. The lowest BCUT2D eigenvalue weighted by Gasteiger charge is -2.20. The van der Waals surface area contributed by atoms with E-state index < -0.39 is 5.60 Å². The number of nitriles is 1. The van der Waals surface area contributed by atoms with Gasteiger partial charge in [0.05, 0.1) is 6.61 Å². The van der Waals surface area contributed by atoms with Crippen molar-refractivity contribution in [3.8, 4) is 16.5 Å². The Kier molecular flexibility index (Phi) is 3.11. The molecule has 1 saturated heterocycles. The van der Waals surface area contributed by atoms with Crippen LogP contribution in [0.25, 0.3) is 10.4 Å². The number of thiophene rings is 1. The van der Waals surface area contributed by atoms with Crippen molar-refractivity contribution in [1.82, 2.24) is 0 Å². The Balaban J connectivity index is 1.88. The van der Waals surface area contributed by atoms with Crippen molar-refractivity contribution in [2.24, 2.45) is 0 Å². The molecule has 1 aliphatic rings. The minimum Gasteiger partial charge on any atom is -0.383 e. The maximum atomic E-state index is 10.4. The van der Waals surface area contributed by atoms with Gasteiger partial charge in [0.2, 0.25) is 0 Å². The van der Waals surface area contributed by atoms with Gasteiger partial charge in [-0.25, -0.2) is 0 Å². The lowest BCUT2D eigenvalue weighted by Crippen LogP contribution is -2.25. The number of benzene rings is 1. The van der Waals surface area contributed by atoms with Gasteiger partial charge in [0, 0.05) is 17.9 Å². The highest BCUT2D eigenvalue weighted by Gasteiger charge is 2.33. The highest BCUT2D eigenvalue weighted by molar-refractivity contribution is 7.16. The van der Waals surface area contributed by atoms with Crippen molar-refractivity contribution in [3.63, 3.8) is 0 Å². The van der Waals surface area contributed by atoms with Crippen LogP contribution in [0, 0.1) is 11.3 Å². The molecule has 0 unspecified atom stereocenters. The minimum atomic E-state index is -0.841. The van der Waals surface area contributed by atoms with E-state index in [0.717, 1.165) is 16.0 Å². The number of ether oxygens (including phenoxy) is 1. The van der Waals surface area contributed by atoms with Crippen molar-refractivity contribution >= 4 is 11.3 Å². The SMILES string of the molecule is N#Cc1ccc(-c2ccc([C@@]3(O)CCOC3)cc2)s1. The molecule has 1 atom stereocenters. The molecular weight excluding hydrogens is 258 g/mol. The molecule has 4 heteroatoms. The third-order valence-corrected chi connectivity index (χ3v) is 4.46. The van der Waals surface area contributed by atoms with Crippen molar-refractivity contribution in [3.05, 3.63) is 46.8 Å². The summed E-state index contributed by atoms with van der Waals surface area (Å²) in [6.45, 7) is 0.971. The minimum absolute atomic E-state index is 0.365. The summed E-state index contributed by atoms with van der Waals surface area (Å²) < 4.78 is 5.26. The standard InChI is InChI=1S/C15H13NO2S/c16-9-13-5-6-14(19-13)11-1-3-12(4-2-11)15(17)7-8-18-10-15/h1-6,17H,7-8,10H2/t15-/m1/s1. The molecule has 3 rings (SSSR count). The predicted octanol–water partition coefficient (Wildman–Crippen LogP) is 2.89. The Morgan fingerprint density at radius 2 is 2.00 bits per heavy atom. The van der Waals surface area contributed by atoms with Gasteiger partial charge in [-0.05, 0) is 23.3 Å². The summed E-state index contributed by atoms with van der Waals surface area (Å²) in [6, 6.07) is 13.8. The molecular formula is C15H13NO2S. The van der Waals surface area contributed by atoms with E-state index in [2.05, 4.69) is 6.07 Å². The van der Waals surface area contributed by atoms with Crippen LogP contribution in [0.3, 0.4) is 0 Å². The van der Waals surface area contributed by atoms with Gasteiger partial charge in [-0.15, -0.1) is 11.3 Å². The van der Waals surface area contributed by atoms with Crippen LogP contribution in [0.15, 0.2) is 36.4 Å². The van der Waals surface area contributed by atoms with Crippen molar-refractivity contribution < 1.29 is 9.84 Å². The van der Waals surface area contributed by atoms with E-state index in [-0.39, 0.29) is 0 Å². The average molecular weight is 271 g/mol. The first kappa shape index (κ1) is 12.4. The number of aliphatic hydroxyl groups is 1. The number of hydrogen-bond acceptors (Lipinski definition) is 4. The summed E-state index contributed by atoms with van der Waals surface area (Å²) in [5.74, 6) is 0. The van der Waals surface area contributed by atoms with Crippen LogP contribution in [-0.4, -0.2) is 18.3 Å². The molecule has 1 aliphatic heterocycles. The monoisotopic (exact) mass is 271 g/mol. The van der Waals surface area contributed by atoms with Crippen LogP contribution in [-0.2, 0) is 10.3 Å². The molecule has 0 amide bonds. The molecule has 0 radical (unpaired) electrons. The van der Waals surface area contributed by atoms with Crippen LogP contribution in [0.1, 0.15) is 16.9 Å². The number of hydrogen-bond donors (Lipinski definition) is 1. The van der Waals surface area contributed by atoms with E-state index >= 15 is 0 Å². The zero-order chi connectivity index (χ0) is 13.3. The van der Waals surface area contributed by atoms with Crippen molar-refractivity contribution in [2.75, 3.05) is 13.2 Å². The van der Waals surface area contributed by atoms with Crippen LogP contribution < -0.4 is 0 Å². The fourth-order valence-corrected chi connectivity index (χ4v) is 3.09. The second-order valence-corrected chi connectivity index (χ2v) is 5.77. The van der Waals surface area contributed by atoms with Crippen LogP contribution in [0.5, 0.6) is 0 Å². The van der Waals surface area contributed by atoms with E-state index in [9.17, 15) is 5.11 Å². The van der Waals surface area contributed by atoms with Crippen LogP contribution in [0.2, 0.25) is 0 Å². The summed E-state index contributed by atoms with van der Waals surface area (Å²) in [4.78, 5) is 1.78. The van der Waals surface area contributed by atoms with E-state index in [1.165, 1.54) is 11.3 Å². The summed E-state index contributed by atoms with van der Waals surface area (Å²) in [5.41, 5.74) is 1.12. The Morgan fingerprint density at radius 3 is 2.58 bits per heavy atom. The molecule has 1 aromatic heterocycles. The Labute approximate surface area is 115 Å². The zero-order valence-electron chi connectivity index (χ0n) is 10.3. The quantitative estimate of drug-likeness (QED) is 0.913. The van der Waals surface area contributed by atoms with Crippen LogP contribution >= 0.6 is 11.3 Å². The van der Waals surface area contributed by atoms with E-state index in [1.807, 2.05) is 36.4 Å². The Morgan fingerprint density at radius 1 is 1.21 bits per heavy atom. The van der Waals surface area contributed by atoms with Gasteiger partial charge in [-0.1, -0.05) is 24.3 Å². The lowest BCUT2D eigenvalue weighted by molar-refractivity contribution is 0.0232. The predicted molar refractivity (Wildman–Crippen MR) is 73.8 cm³/mol. The van der Waals surface area contributed by atoms with E-state index in [1.54, 1.807) is 0 Å². The first-order valence-electron chi connectivity index (χ1n) is 6.12. The zero-order valence-corrected chi connectivity index (χ0v) is 11.1. The second-order valence-electron chi connectivity index (χ2n) is 4.69. The van der Waals surface area contributed by atoms with Crippen molar-refractivity contribution in [1.29, 1.82) is 5.26 Å². The fourth-order valence-electron chi connectivity index (χ4n) is 2.28. The summed E-state index contributed by atoms with van der Waals surface area (Å²) in [6.07, 6.45) is 0.643. The van der Waals surface area contributed by atoms with Gasteiger partial charge in [-0.2, -0.15) is 5.26 Å². The third kappa shape index (κ3) is 2.28. The molecule has 96 valence electrons. The average Bonchev–Trinajstić information content (AvgIpc) is 3.08. The van der Waals surface area contributed by atoms with Gasteiger partial charge in [0.25, 0.3) is 0 Å². The molecule has 0 bridgehead atoms. The van der Waals surface area contributed by atoms with Gasteiger partial charge < -0.3 is 9.84 Å². The molecule has 2 aromatic rings. The maximum Gasteiger partial charge on any atom is 0.115 e. The molecule has 3 nitrogen and oxygen atoms in total. The Bertz CT molecular complexity index is 618. The molecule has 1 N–H and O–H groups in total. The van der Waals surface area contributed by atoms with Gasteiger partial charge in [-0.3, -0.25) is 0 Å². The molecule has 0 saturated carbocycles. The summed E-state index contributed by atoms with van der Waals surface area (Å²) >= 11 is 1.47. The largest absolute Gasteiger partial charge is 0.383 e. The molecule has 1 aromatic carbocycles. The summed E-state index contributed by atoms with van der Waals surface area (Å²) in [7, 11) is 0. The van der Waals surface area contributed by atoms with Crippen LogP contribution in [0.4, 0.5) is 0 Å². The third-order valence-electron chi connectivity index (χ3n) is 3.42. The second kappa shape index (κ2) is 4.78. The molecule has 0 aliphatic carbocycles. The van der Waals surface area contributed by atoms with Gasteiger partial charge in [0.1, 0.15) is 16.5 Å².